The number of benzene rings is 1. The Bertz CT molecular complexity index is 673. The van der Waals surface area contributed by atoms with E-state index in [9.17, 15) is 4.79 Å². The van der Waals surface area contributed by atoms with Gasteiger partial charge in [0.25, 0.3) is 0 Å². The Balaban J connectivity index is 1.55. The van der Waals surface area contributed by atoms with Crippen LogP contribution in [0.25, 0.3) is 11.4 Å². The first-order valence-electron chi connectivity index (χ1n) is 9.10. The van der Waals surface area contributed by atoms with Crippen molar-refractivity contribution in [3.8, 4) is 17.1 Å². The second-order valence-corrected chi connectivity index (χ2v) is 6.26. The van der Waals surface area contributed by atoms with Gasteiger partial charge in [-0.3, -0.25) is 4.79 Å². The molecule has 2 aromatic rings. The van der Waals surface area contributed by atoms with Crippen molar-refractivity contribution in [2.24, 2.45) is 0 Å². The molecule has 3 rings (SSSR count). The highest BCUT2D eigenvalue weighted by Gasteiger charge is 2.17. The van der Waals surface area contributed by atoms with Crippen molar-refractivity contribution in [1.29, 1.82) is 0 Å². The average Bonchev–Trinajstić information content (AvgIpc) is 2.94. The van der Waals surface area contributed by atoms with Gasteiger partial charge in [0.05, 0.1) is 6.61 Å². The van der Waals surface area contributed by atoms with Gasteiger partial charge in [-0.15, -0.1) is 0 Å². The number of amides is 1. The minimum absolute atomic E-state index is 0.183. The van der Waals surface area contributed by atoms with Crippen molar-refractivity contribution in [3.63, 3.8) is 0 Å². The van der Waals surface area contributed by atoms with E-state index in [0.717, 1.165) is 37.2 Å². The van der Waals surface area contributed by atoms with E-state index in [-0.39, 0.29) is 5.91 Å². The van der Waals surface area contributed by atoms with Crippen LogP contribution >= 0.6 is 0 Å². The third-order valence-electron chi connectivity index (χ3n) is 4.40. The first kappa shape index (κ1) is 17.5. The van der Waals surface area contributed by atoms with Gasteiger partial charge < -0.3 is 14.2 Å². The molecular weight excluding hydrogens is 318 g/mol. The molecule has 6 nitrogen and oxygen atoms in total. The molecule has 2 heterocycles. The molecule has 0 N–H and O–H groups in total. The maximum absolute atomic E-state index is 12.3. The highest BCUT2D eigenvalue weighted by molar-refractivity contribution is 5.76. The third-order valence-corrected chi connectivity index (χ3v) is 4.40. The maximum Gasteiger partial charge on any atom is 0.227 e. The molecule has 1 aromatic carbocycles. The Hall–Kier alpha value is -2.37. The summed E-state index contributed by atoms with van der Waals surface area (Å²) in [4.78, 5) is 18.7. The van der Waals surface area contributed by atoms with Crippen LogP contribution in [-0.2, 0) is 11.2 Å². The first-order chi connectivity index (χ1) is 12.3. The van der Waals surface area contributed by atoms with E-state index in [1.165, 1.54) is 12.8 Å². The molecule has 0 radical (unpaired) electrons. The molecule has 134 valence electrons. The summed E-state index contributed by atoms with van der Waals surface area (Å²) in [6.45, 7) is 4.34. The van der Waals surface area contributed by atoms with Crippen LogP contribution in [0.4, 0.5) is 0 Å². The smallest absolute Gasteiger partial charge is 0.227 e. The van der Waals surface area contributed by atoms with Gasteiger partial charge in [0.2, 0.25) is 17.6 Å². The fourth-order valence-electron chi connectivity index (χ4n) is 3.03. The van der Waals surface area contributed by atoms with Gasteiger partial charge in [0, 0.05) is 31.5 Å². The molecule has 1 fully saturated rings. The number of carbonyl (C=O) groups is 1. The second kappa shape index (κ2) is 8.65. The molecule has 0 aliphatic carbocycles. The van der Waals surface area contributed by atoms with E-state index >= 15 is 0 Å². The molecular formula is C19H25N3O3. The molecule has 0 unspecified atom stereocenters. The summed E-state index contributed by atoms with van der Waals surface area (Å²) in [7, 11) is 0. The quantitative estimate of drug-likeness (QED) is 0.803. The van der Waals surface area contributed by atoms with Crippen LogP contribution in [0.15, 0.2) is 28.8 Å². The molecule has 0 spiro atoms. The fourth-order valence-corrected chi connectivity index (χ4v) is 3.03. The van der Waals surface area contributed by atoms with Gasteiger partial charge in [-0.05, 0) is 44.0 Å². The Morgan fingerprint density at radius 2 is 1.88 bits per heavy atom. The van der Waals surface area contributed by atoms with E-state index in [1.807, 2.05) is 36.1 Å². The predicted octanol–water partition coefficient (Wildman–Crippen LogP) is 3.47. The lowest BCUT2D eigenvalue weighted by molar-refractivity contribution is -0.131. The standard InChI is InChI=1S/C19H25N3O3/c1-2-24-16-9-7-15(8-10-16)19-20-17(25-21-19)11-12-18(23)22-13-5-3-4-6-14-22/h7-10H,2-6,11-14H2,1H3. The van der Waals surface area contributed by atoms with Crippen LogP contribution in [0.2, 0.25) is 0 Å². The van der Waals surface area contributed by atoms with Gasteiger partial charge in [-0.1, -0.05) is 18.0 Å². The summed E-state index contributed by atoms with van der Waals surface area (Å²) in [6.07, 6.45) is 5.56. The van der Waals surface area contributed by atoms with E-state index in [2.05, 4.69) is 10.1 Å². The third kappa shape index (κ3) is 4.81. The summed E-state index contributed by atoms with van der Waals surface area (Å²) in [6, 6.07) is 7.58. The number of nitrogens with zero attached hydrogens (tertiary/aromatic N) is 3. The number of rotatable bonds is 6. The molecule has 0 atom stereocenters. The lowest BCUT2D eigenvalue weighted by atomic mass is 10.2. The monoisotopic (exact) mass is 343 g/mol. The van der Waals surface area contributed by atoms with Crippen molar-refractivity contribution < 1.29 is 14.1 Å². The van der Waals surface area contributed by atoms with Crippen LogP contribution in [-0.4, -0.2) is 40.6 Å². The summed E-state index contributed by atoms with van der Waals surface area (Å²) in [5, 5.41) is 4.02. The zero-order valence-electron chi connectivity index (χ0n) is 14.7. The Kier molecular flexibility index (Phi) is 6.04. The molecule has 1 saturated heterocycles. The molecule has 6 heteroatoms. The fraction of sp³-hybridized carbons (Fsp3) is 0.526. The Morgan fingerprint density at radius 1 is 1.16 bits per heavy atom. The van der Waals surface area contributed by atoms with Gasteiger partial charge in [0.1, 0.15) is 5.75 Å². The number of likely N-dealkylation sites (tertiary alicyclic amines) is 1. The Morgan fingerprint density at radius 3 is 2.56 bits per heavy atom. The highest BCUT2D eigenvalue weighted by atomic mass is 16.5. The number of hydrogen-bond acceptors (Lipinski definition) is 5. The number of carbonyl (C=O) groups excluding carboxylic acids is 1. The van der Waals surface area contributed by atoms with Crippen molar-refractivity contribution in [2.45, 2.75) is 45.4 Å². The first-order valence-corrected chi connectivity index (χ1v) is 9.10. The van der Waals surface area contributed by atoms with Crippen LogP contribution < -0.4 is 4.74 Å². The van der Waals surface area contributed by atoms with Gasteiger partial charge >= 0.3 is 0 Å². The summed E-state index contributed by atoms with van der Waals surface area (Å²) in [5.74, 6) is 2.05. The van der Waals surface area contributed by atoms with Crippen LogP contribution in [0.5, 0.6) is 5.75 Å². The maximum atomic E-state index is 12.3. The van der Waals surface area contributed by atoms with E-state index in [4.69, 9.17) is 9.26 Å². The van der Waals surface area contributed by atoms with Crippen LogP contribution in [0, 0.1) is 0 Å². The van der Waals surface area contributed by atoms with Crippen molar-refractivity contribution >= 4 is 5.91 Å². The molecule has 0 bridgehead atoms. The van der Waals surface area contributed by atoms with Gasteiger partial charge in [0.15, 0.2) is 0 Å². The lowest BCUT2D eigenvalue weighted by Crippen LogP contribution is -2.31. The number of aryl methyl sites for hydroxylation is 1. The molecule has 1 aliphatic heterocycles. The minimum Gasteiger partial charge on any atom is -0.494 e. The van der Waals surface area contributed by atoms with Gasteiger partial charge in [-0.2, -0.15) is 4.98 Å². The molecule has 1 amide bonds. The summed E-state index contributed by atoms with van der Waals surface area (Å²) in [5.41, 5.74) is 0.872. The zero-order chi connectivity index (χ0) is 17.5. The Labute approximate surface area is 148 Å². The van der Waals surface area contributed by atoms with Crippen LogP contribution in [0.1, 0.15) is 44.9 Å². The van der Waals surface area contributed by atoms with Gasteiger partial charge in [-0.25, -0.2) is 0 Å². The highest BCUT2D eigenvalue weighted by Crippen LogP contribution is 2.20. The molecule has 1 aromatic heterocycles. The lowest BCUT2D eigenvalue weighted by Gasteiger charge is -2.19. The van der Waals surface area contributed by atoms with Crippen molar-refractivity contribution in [1.82, 2.24) is 15.0 Å². The topological polar surface area (TPSA) is 68.5 Å². The second-order valence-electron chi connectivity index (χ2n) is 6.26. The summed E-state index contributed by atoms with van der Waals surface area (Å²) >= 11 is 0. The predicted molar refractivity (Wildman–Crippen MR) is 94.3 cm³/mol. The van der Waals surface area contributed by atoms with Crippen LogP contribution in [0.3, 0.4) is 0 Å². The summed E-state index contributed by atoms with van der Waals surface area (Å²) < 4.78 is 10.7. The van der Waals surface area contributed by atoms with Crippen molar-refractivity contribution in [3.05, 3.63) is 30.2 Å². The van der Waals surface area contributed by atoms with E-state index < -0.39 is 0 Å². The molecule has 0 saturated carbocycles. The largest absolute Gasteiger partial charge is 0.494 e. The van der Waals surface area contributed by atoms with E-state index in [1.54, 1.807) is 0 Å². The number of hydrogen-bond donors (Lipinski definition) is 0. The molecule has 1 aliphatic rings. The SMILES string of the molecule is CCOc1ccc(-c2noc(CCC(=O)N3CCCCCC3)n2)cc1. The van der Waals surface area contributed by atoms with Crippen molar-refractivity contribution in [2.75, 3.05) is 19.7 Å². The number of ether oxygens (including phenoxy) is 1. The number of aromatic nitrogens is 2. The normalized spacial score (nSPS) is 15.0. The minimum atomic E-state index is 0.183. The average molecular weight is 343 g/mol. The molecule has 25 heavy (non-hydrogen) atoms. The zero-order valence-corrected chi connectivity index (χ0v) is 14.7. The van der Waals surface area contributed by atoms with E-state index in [0.29, 0.717) is 31.2 Å².